The van der Waals surface area contributed by atoms with E-state index in [0.717, 1.165) is 52.2 Å². The summed E-state index contributed by atoms with van der Waals surface area (Å²) in [5.74, 6) is -0.375. The van der Waals surface area contributed by atoms with Crippen LogP contribution in [-0.4, -0.2) is 85.4 Å². The number of carbonyl (C=O) groups excluding carboxylic acids is 3. The number of thiazole rings is 1. The van der Waals surface area contributed by atoms with Crippen molar-refractivity contribution >= 4 is 44.4 Å². The van der Waals surface area contributed by atoms with Crippen molar-refractivity contribution < 1.29 is 19.1 Å². The SMILES string of the molecule is COc1ccc(C)c2sc(N3CCN(CCNC(=O)CN4C(=O)c5ccccc5C4=O)CC3)nc12. The van der Waals surface area contributed by atoms with Gasteiger partial charge < -0.3 is 15.0 Å². The Balaban J connectivity index is 1.09. The zero-order chi connectivity index (χ0) is 24.5. The van der Waals surface area contributed by atoms with E-state index in [1.165, 1.54) is 5.56 Å². The van der Waals surface area contributed by atoms with Gasteiger partial charge in [0.1, 0.15) is 17.8 Å². The number of imide groups is 1. The summed E-state index contributed by atoms with van der Waals surface area (Å²) in [6, 6.07) is 10.7. The van der Waals surface area contributed by atoms with E-state index in [-0.39, 0.29) is 12.5 Å². The summed E-state index contributed by atoms with van der Waals surface area (Å²) in [6.45, 7) is 6.41. The van der Waals surface area contributed by atoms with Gasteiger partial charge in [0.25, 0.3) is 11.8 Å². The van der Waals surface area contributed by atoms with Crippen LogP contribution in [-0.2, 0) is 4.79 Å². The van der Waals surface area contributed by atoms with E-state index < -0.39 is 11.8 Å². The third-order valence-electron chi connectivity index (χ3n) is 6.48. The lowest BCUT2D eigenvalue weighted by molar-refractivity contribution is -0.121. The Labute approximate surface area is 207 Å². The first-order chi connectivity index (χ1) is 17.0. The number of hydrogen-bond acceptors (Lipinski definition) is 8. The van der Waals surface area contributed by atoms with Crippen molar-refractivity contribution in [2.45, 2.75) is 6.92 Å². The van der Waals surface area contributed by atoms with Crippen molar-refractivity contribution in [1.82, 2.24) is 20.1 Å². The number of nitrogens with one attached hydrogen (secondary N) is 1. The number of ether oxygens (including phenoxy) is 1. The van der Waals surface area contributed by atoms with E-state index in [4.69, 9.17) is 9.72 Å². The van der Waals surface area contributed by atoms with Gasteiger partial charge in [-0.25, -0.2) is 4.98 Å². The van der Waals surface area contributed by atoms with Crippen molar-refractivity contribution in [3.05, 3.63) is 53.1 Å². The summed E-state index contributed by atoms with van der Waals surface area (Å²) in [5, 5.41) is 3.84. The number of hydrogen-bond donors (Lipinski definition) is 1. The van der Waals surface area contributed by atoms with Gasteiger partial charge in [0.05, 0.1) is 22.9 Å². The molecule has 0 radical (unpaired) electrons. The lowest BCUT2D eigenvalue weighted by Crippen LogP contribution is -2.49. The van der Waals surface area contributed by atoms with Gasteiger partial charge >= 0.3 is 0 Å². The number of benzene rings is 2. The van der Waals surface area contributed by atoms with Crippen LogP contribution in [0.5, 0.6) is 5.75 Å². The number of methoxy groups -OCH3 is 1. The lowest BCUT2D eigenvalue weighted by Gasteiger charge is -2.34. The maximum absolute atomic E-state index is 12.4. The highest BCUT2D eigenvalue weighted by molar-refractivity contribution is 7.22. The van der Waals surface area contributed by atoms with E-state index >= 15 is 0 Å². The molecule has 2 aliphatic rings. The molecule has 0 atom stereocenters. The van der Waals surface area contributed by atoms with Crippen LogP contribution in [0, 0.1) is 6.92 Å². The molecule has 0 spiro atoms. The van der Waals surface area contributed by atoms with Crippen LogP contribution in [0.25, 0.3) is 10.2 Å². The fourth-order valence-corrected chi connectivity index (χ4v) is 5.60. The molecule has 182 valence electrons. The number of anilines is 1. The van der Waals surface area contributed by atoms with Gasteiger partial charge in [-0.1, -0.05) is 29.5 Å². The molecule has 35 heavy (non-hydrogen) atoms. The highest BCUT2D eigenvalue weighted by Gasteiger charge is 2.36. The molecule has 3 aromatic rings. The molecule has 1 saturated heterocycles. The second kappa shape index (κ2) is 9.63. The molecule has 3 heterocycles. The largest absolute Gasteiger partial charge is 0.494 e. The number of carbonyl (C=O) groups is 3. The molecule has 1 fully saturated rings. The van der Waals surface area contributed by atoms with Gasteiger partial charge in [0, 0.05) is 39.3 Å². The molecule has 2 aliphatic heterocycles. The predicted octanol–water partition coefficient (Wildman–Crippen LogP) is 2.15. The Morgan fingerprint density at radius 3 is 2.40 bits per heavy atom. The van der Waals surface area contributed by atoms with Crippen molar-refractivity contribution in [3.63, 3.8) is 0 Å². The molecule has 0 saturated carbocycles. The van der Waals surface area contributed by atoms with Crippen LogP contribution < -0.4 is 15.0 Å². The minimum absolute atomic E-state index is 0.263. The normalized spacial score (nSPS) is 16.2. The monoisotopic (exact) mass is 493 g/mol. The topological polar surface area (TPSA) is 95.1 Å². The molecule has 2 aromatic carbocycles. The first-order valence-corrected chi connectivity index (χ1v) is 12.4. The summed E-state index contributed by atoms with van der Waals surface area (Å²) >= 11 is 1.69. The minimum atomic E-state index is -0.417. The third-order valence-corrected chi connectivity index (χ3v) is 7.74. The molecule has 0 unspecified atom stereocenters. The van der Waals surface area contributed by atoms with E-state index in [0.29, 0.717) is 24.2 Å². The number of nitrogens with zero attached hydrogens (tertiary/aromatic N) is 4. The second-order valence-corrected chi connectivity index (χ2v) is 9.66. The molecule has 9 nitrogen and oxygen atoms in total. The Hall–Kier alpha value is -3.50. The summed E-state index contributed by atoms with van der Waals surface area (Å²) < 4.78 is 6.63. The Morgan fingerprint density at radius 2 is 1.74 bits per heavy atom. The first kappa shape index (κ1) is 23.3. The van der Waals surface area contributed by atoms with Gasteiger partial charge in [-0.3, -0.25) is 24.2 Å². The number of piperazine rings is 1. The molecule has 1 aromatic heterocycles. The van der Waals surface area contributed by atoms with Gasteiger partial charge in [-0.15, -0.1) is 0 Å². The average molecular weight is 494 g/mol. The van der Waals surface area contributed by atoms with Gasteiger partial charge in [-0.05, 0) is 30.7 Å². The molecule has 3 amide bonds. The van der Waals surface area contributed by atoms with Crippen molar-refractivity contribution in [2.75, 3.05) is 57.8 Å². The first-order valence-electron chi connectivity index (χ1n) is 11.6. The predicted molar refractivity (Wildman–Crippen MR) is 134 cm³/mol. The summed E-state index contributed by atoms with van der Waals surface area (Å²) in [7, 11) is 1.67. The zero-order valence-electron chi connectivity index (χ0n) is 19.7. The van der Waals surface area contributed by atoms with E-state index in [9.17, 15) is 14.4 Å². The summed E-state index contributed by atoms with van der Waals surface area (Å²) in [6.07, 6.45) is 0. The number of aromatic nitrogens is 1. The second-order valence-electron chi connectivity index (χ2n) is 8.68. The van der Waals surface area contributed by atoms with Gasteiger partial charge in [0.2, 0.25) is 5.91 Å². The fourth-order valence-electron chi connectivity index (χ4n) is 4.50. The standard InChI is InChI=1S/C25H27N5O4S/c1-16-7-8-19(34-2)21-22(16)35-25(27-21)29-13-11-28(12-14-29)10-9-26-20(31)15-30-23(32)17-5-3-4-6-18(17)24(30)33/h3-8H,9-15H2,1-2H3,(H,26,31). The number of fused-ring (bicyclic) bond motifs is 2. The highest BCUT2D eigenvalue weighted by Crippen LogP contribution is 2.36. The quantitative estimate of drug-likeness (QED) is 0.504. The molecule has 5 rings (SSSR count). The highest BCUT2D eigenvalue weighted by atomic mass is 32.1. The van der Waals surface area contributed by atoms with Crippen LogP contribution in [0.15, 0.2) is 36.4 Å². The number of rotatable bonds is 7. The average Bonchev–Trinajstić information content (AvgIpc) is 3.42. The minimum Gasteiger partial charge on any atom is -0.494 e. The number of aryl methyl sites for hydroxylation is 1. The van der Waals surface area contributed by atoms with E-state index in [1.54, 1.807) is 42.7 Å². The van der Waals surface area contributed by atoms with E-state index in [2.05, 4.69) is 28.1 Å². The Morgan fingerprint density at radius 1 is 1.06 bits per heavy atom. The molecular weight excluding hydrogens is 466 g/mol. The Bertz CT molecular complexity index is 1260. The van der Waals surface area contributed by atoms with Crippen LogP contribution in [0.4, 0.5) is 5.13 Å². The molecule has 10 heteroatoms. The van der Waals surface area contributed by atoms with Crippen molar-refractivity contribution in [2.24, 2.45) is 0 Å². The molecule has 0 aliphatic carbocycles. The molecule has 1 N–H and O–H groups in total. The van der Waals surface area contributed by atoms with Crippen LogP contribution >= 0.6 is 11.3 Å². The van der Waals surface area contributed by atoms with Gasteiger partial charge in [0.15, 0.2) is 5.13 Å². The third kappa shape index (κ3) is 4.46. The number of amides is 3. The zero-order valence-corrected chi connectivity index (χ0v) is 20.6. The van der Waals surface area contributed by atoms with Crippen molar-refractivity contribution in [3.8, 4) is 5.75 Å². The fraction of sp³-hybridized carbons (Fsp3) is 0.360. The molecular formula is C25H27N5O4S. The van der Waals surface area contributed by atoms with E-state index in [1.807, 2.05) is 6.07 Å². The lowest BCUT2D eigenvalue weighted by atomic mass is 10.1. The van der Waals surface area contributed by atoms with Crippen LogP contribution in [0.1, 0.15) is 26.3 Å². The van der Waals surface area contributed by atoms with Crippen LogP contribution in [0.3, 0.4) is 0 Å². The smallest absolute Gasteiger partial charge is 0.262 e. The maximum atomic E-state index is 12.4. The summed E-state index contributed by atoms with van der Waals surface area (Å²) in [5.41, 5.74) is 2.81. The Kier molecular flexibility index (Phi) is 6.40. The van der Waals surface area contributed by atoms with Gasteiger partial charge in [-0.2, -0.15) is 0 Å². The van der Waals surface area contributed by atoms with Crippen LogP contribution in [0.2, 0.25) is 0 Å². The molecule has 0 bridgehead atoms. The maximum Gasteiger partial charge on any atom is 0.262 e. The van der Waals surface area contributed by atoms with Crippen molar-refractivity contribution in [1.29, 1.82) is 0 Å². The summed E-state index contributed by atoms with van der Waals surface area (Å²) in [4.78, 5) is 47.7.